The molecule has 0 radical (unpaired) electrons. The van der Waals surface area contributed by atoms with E-state index in [2.05, 4.69) is 31.5 Å². The lowest BCUT2D eigenvalue weighted by Crippen LogP contribution is -2.19. The number of nitrogens with one attached hydrogen (secondary N) is 1. The van der Waals surface area contributed by atoms with E-state index in [1.165, 1.54) is 0 Å². The Kier molecular flexibility index (Phi) is 4.61. The Morgan fingerprint density at radius 1 is 1.36 bits per heavy atom. The number of aromatic nitrogens is 3. The van der Waals surface area contributed by atoms with Crippen LogP contribution in [-0.2, 0) is 4.79 Å². The molecule has 7 nitrogen and oxygen atoms in total. The van der Waals surface area contributed by atoms with E-state index >= 15 is 0 Å². The Balaban J connectivity index is 1.66. The van der Waals surface area contributed by atoms with Crippen molar-refractivity contribution >= 4 is 11.6 Å². The Morgan fingerprint density at radius 2 is 2.16 bits per heavy atom. The molecule has 25 heavy (non-hydrogen) atoms. The summed E-state index contributed by atoms with van der Waals surface area (Å²) in [6.07, 6.45) is 9.15. The molecule has 7 heteroatoms. The van der Waals surface area contributed by atoms with Crippen LogP contribution in [0.3, 0.4) is 0 Å². The molecule has 1 amide bonds. The van der Waals surface area contributed by atoms with Gasteiger partial charge in [0.05, 0.1) is 11.4 Å². The molecule has 1 aliphatic rings. The second-order valence-corrected chi connectivity index (χ2v) is 6.15. The van der Waals surface area contributed by atoms with E-state index in [9.17, 15) is 4.79 Å². The largest absolute Gasteiger partial charge is 0.323 e. The molecule has 0 aromatic carbocycles. The number of hydrogen-bond donors (Lipinski definition) is 1. The highest BCUT2D eigenvalue weighted by Crippen LogP contribution is 2.37. The summed E-state index contributed by atoms with van der Waals surface area (Å²) in [5.74, 6) is 3.08. The predicted octanol–water partition coefficient (Wildman–Crippen LogP) is 3.18. The first-order chi connectivity index (χ1) is 12.0. The van der Waals surface area contributed by atoms with Gasteiger partial charge in [0.1, 0.15) is 0 Å². The lowest BCUT2D eigenvalue weighted by Gasteiger charge is -2.12. The molecule has 2 aromatic rings. The Hall–Kier alpha value is -3.01. The van der Waals surface area contributed by atoms with Crippen LogP contribution in [-0.4, -0.2) is 26.3 Å². The van der Waals surface area contributed by atoms with Crippen molar-refractivity contribution in [3.8, 4) is 18.2 Å². The molecule has 0 bridgehead atoms. The van der Waals surface area contributed by atoms with Crippen LogP contribution in [0.2, 0.25) is 0 Å². The molecule has 0 atom stereocenters. The molecule has 2 aromatic heterocycles. The summed E-state index contributed by atoms with van der Waals surface area (Å²) in [5.41, 5.74) is 2.03. The maximum atomic E-state index is 12.3. The van der Waals surface area contributed by atoms with Gasteiger partial charge >= 0.3 is 0 Å². The number of aryl methyl sites for hydroxylation is 2. The predicted molar refractivity (Wildman–Crippen MR) is 94.4 cm³/mol. The topological polar surface area (TPSA) is 84.5 Å². The SMILES string of the molecule is C#CCCC1(CCC(=O)Nc2cccnc2-n2nc(C)cc2C)N=N1. The first-order valence-electron chi connectivity index (χ1n) is 8.19. The molecule has 0 fully saturated rings. The third kappa shape index (κ3) is 3.91. The zero-order chi connectivity index (χ0) is 17.9. The number of amides is 1. The van der Waals surface area contributed by atoms with Crippen LogP contribution in [0.5, 0.6) is 0 Å². The van der Waals surface area contributed by atoms with Gasteiger partial charge in [-0.05, 0) is 32.0 Å². The summed E-state index contributed by atoms with van der Waals surface area (Å²) < 4.78 is 1.73. The first kappa shape index (κ1) is 16.8. The van der Waals surface area contributed by atoms with Crippen molar-refractivity contribution in [3.05, 3.63) is 35.8 Å². The van der Waals surface area contributed by atoms with Gasteiger partial charge in [-0.1, -0.05) is 0 Å². The van der Waals surface area contributed by atoms with Crippen molar-refractivity contribution in [2.24, 2.45) is 10.2 Å². The molecule has 0 saturated carbocycles. The van der Waals surface area contributed by atoms with E-state index in [-0.39, 0.29) is 5.91 Å². The lowest BCUT2D eigenvalue weighted by molar-refractivity contribution is -0.116. The van der Waals surface area contributed by atoms with Crippen molar-refractivity contribution < 1.29 is 4.79 Å². The van der Waals surface area contributed by atoms with Crippen LogP contribution >= 0.6 is 0 Å². The van der Waals surface area contributed by atoms with Crippen molar-refractivity contribution in [2.75, 3.05) is 5.32 Å². The quantitative estimate of drug-likeness (QED) is 0.788. The summed E-state index contributed by atoms with van der Waals surface area (Å²) in [6.45, 7) is 3.87. The van der Waals surface area contributed by atoms with E-state index in [1.54, 1.807) is 16.9 Å². The van der Waals surface area contributed by atoms with E-state index in [4.69, 9.17) is 6.42 Å². The first-order valence-corrected chi connectivity index (χ1v) is 8.19. The Bertz CT molecular complexity index is 855. The van der Waals surface area contributed by atoms with Crippen molar-refractivity contribution in [3.63, 3.8) is 0 Å². The van der Waals surface area contributed by atoms with Gasteiger partial charge in [-0.2, -0.15) is 15.3 Å². The smallest absolute Gasteiger partial charge is 0.224 e. The van der Waals surface area contributed by atoms with Crippen LogP contribution in [0.4, 0.5) is 5.69 Å². The zero-order valence-corrected chi connectivity index (χ0v) is 14.4. The van der Waals surface area contributed by atoms with E-state index in [0.717, 1.165) is 11.4 Å². The average Bonchev–Trinajstić information content (AvgIpc) is 3.29. The summed E-state index contributed by atoms with van der Waals surface area (Å²) in [6, 6.07) is 5.56. The van der Waals surface area contributed by atoms with E-state index < -0.39 is 5.66 Å². The molecule has 3 rings (SSSR count). The number of pyridine rings is 1. The van der Waals surface area contributed by atoms with Crippen LogP contribution in [0.25, 0.3) is 5.82 Å². The van der Waals surface area contributed by atoms with Gasteiger partial charge in [0.2, 0.25) is 5.91 Å². The number of carbonyl (C=O) groups is 1. The Labute approximate surface area is 146 Å². The highest BCUT2D eigenvalue weighted by atomic mass is 16.1. The minimum absolute atomic E-state index is 0.104. The monoisotopic (exact) mass is 336 g/mol. The number of anilines is 1. The van der Waals surface area contributed by atoms with E-state index in [0.29, 0.717) is 37.2 Å². The van der Waals surface area contributed by atoms with Gasteiger partial charge in [-0.25, -0.2) is 9.67 Å². The number of carbonyl (C=O) groups excluding carboxylic acids is 1. The van der Waals surface area contributed by atoms with Crippen LogP contribution in [0.1, 0.15) is 37.1 Å². The summed E-state index contributed by atoms with van der Waals surface area (Å²) in [4.78, 5) is 16.7. The third-order valence-corrected chi connectivity index (χ3v) is 4.08. The normalized spacial score (nSPS) is 14.1. The minimum atomic E-state index is -0.447. The second-order valence-electron chi connectivity index (χ2n) is 6.15. The molecule has 0 aliphatic carbocycles. The molecular formula is C18H20N6O. The number of hydrogen-bond acceptors (Lipinski definition) is 5. The fraction of sp³-hybridized carbons (Fsp3) is 0.389. The molecule has 1 N–H and O–H groups in total. The zero-order valence-electron chi connectivity index (χ0n) is 14.4. The highest BCUT2D eigenvalue weighted by Gasteiger charge is 2.39. The van der Waals surface area contributed by atoms with Gasteiger partial charge in [0.15, 0.2) is 11.5 Å². The average molecular weight is 336 g/mol. The summed E-state index contributed by atoms with van der Waals surface area (Å²) >= 11 is 0. The van der Waals surface area contributed by atoms with Gasteiger partial charge in [-0.3, -0.25) is 4.79 Å². The molecule has 3 heterocycles. The van der Waals surface area contributed by atoms with Crippen LogP contribution in [0.15, 0.2) is 34.6 Å². The van der Waals surface area contributed by atoms with Crippen LogP contribution in [0, 0.1) is 26.2 Å². The maximum Gasteiger partial charge on any atom is 0.224 e. The third-order valence-electron chi connectivity index (χ3n) is 4.08. The van der Waals surface area contributed by atoms with Crippen molar-refractivity contribution in [1.82, 2.24) is 14.8 Å². The minimum Gasteiger partial charge on any atom is -0.323 e. The van der Waals surface area contributed by atoms with E-state index in [1.807, 2.05) is 26.0 Å². The van der Waals surface area contributed by atoms with Crippen LogP contribution < -0.4 is 5.32 Å². The second kappa shape index (κ2) is 6.85. The maximum absolute atomic E-state index is 12.3. The highest BCUT2D eigenvalue weighted by molar-refractivity contribution is 5.92. The number of nitrogens with zero attached hydrogens (tertiary/aromatic N) is 5. The Morgan fingerprint density at radius 3 is 2.80 bits per heavy atom. The molecule has 0 spiro atoms. The molecular weight excluding hydrogens is 316 g/mol. The summed E-state index contributed by atoms with van der Waals surface area (Å²) in [5, 5.41) is 15.5. The van der Waals surface area contributed by atoms with Gasteiger partial charge in [0, 0.05) is 37.6 Å². The van der Waals surface area contributed by atoms with Crippen molar-refractivity contribution in [2.45, 2.75) is 45.2 Å². The van der Waals surface area contributed by atoms with Crippen molar-refractivity contribution in [1.29, 1.82) is 0 Å². The molecule has 128 valence electrons. The summed E-state index contributed by atoms with van der Waals surface area (Å²) in [7, 11) is 0. The van der Waals surface area contributed by atoms with Gasteiger partial charge in [-0.15, -0.1) is 12.3 Å². The number of rotatable bonds is 7. The van der Waals surface area contributed by atoms with Gasteiger partial charge < -0.3 is 5.32 Å². The fourth-order valence-corrected chi connectivity index (χ4v) is 2.70. The molecule has 0 unspecified atom stereocenters. The standard InChI is InChI=1S/C18H20N6O/c1-4-5-9-18(22-23-18)10-8-16(25)20-15-7-6-11-19-17(15)24-14(3)12-13(2)21-24/h1,6-7,11-12H,5,8-10H2,2-3H3,(H,20,25). The molecule has 1 aliphatic heterocycles. The number of terminal acetylenes is 1. The molecule has 0 saturated heterocycles. The lowest BCUT2D eigenvalue weighted by atomic mass is 10.0. The fourth-order valence-electron chi connectivity index (χ4n) is 2.70. The van der Waals surface area contributed by atoms with Gasteiger partial charge in [0.25, 0.3) is 0 Å².